The van der Waals surface area contributed by atoms with Crippen LogP contribution in [0.3, 0.4) is 0 Å². The minimum Gasteiger partial charge on any atom is -0.394 e. The third-order valence-corrected chi connectivity index (χ3v) is 10.3. The van der Waals surface area contributed by atoms with Crippen molar-refractivity contribution in [2.24, 2.45) is 34.5 Å². The minimum atomic E-state index is -1.42. The zero-order chi connectivity index (χ0) is 23.7. The molecule has 33 heavy (non-hydrogen) atoms. The summed E-state index contributed by atoms with van der Waals surface area (Å²) in [4.78, 5) is 12.4. The molecule has 0 spiro atoms. The molecular formula is C26H40O7. The van der Waals surface area contributed by atoms with Crippen molar-refractivity contribution < 1.29 is 34.7 Å². The number of carbonyl (C=O) groups excluding carboxylic acids is 1. The van der Waals surface area contributed by atoms with Gasteiger partial charge in [-0.25, -0.2) is 0 Å². The first-order valence-electron chi connectivity index (χ1n) is 12.8. The summed E-state index contributed by atoms with van der Waals surface area (Å²) in [5, 5.41) is 40.2. The first-order chi connectivity index (χ1) is 15.6. The largest absolute Gasteiger partial charge is 0.394 e. The summed E-state index contributed by atoms with van der Waals surface area (Å²) in [7, 11) is 0. The molecule has 1 unspecified atom stereocenters. The van der Waals surface area contributed by atoms with Gasteiger partial charge in [0.25, 0.3) is 0 Å². The maximum atomic E-state index is 12.4. The van der Waals surface area contributed by atoms with E-state index in [9.17, 15) is 25.2 Å². The molecule has 5 rings (SSSR count). The number of rotatable bonds is 3. The topological polar surface area (TPSA) is 116 Å². The van der Waals surface area contributed by atoms with Crippen molar-refractivity contribution in [3.05, 3.63) is 11.6 Å². The van der Waals surface area contributed by atoms with E-state index >= 15 is 0 Å². The Morgan fingerprint density at radius 3 is 2.55 bits per heavy atom. The van der Waals surface area contributed by atoms with Gasteiger partial charge in [-0.05, 0) is 79.6 Å². The fraction of sp³-hybridized carbons (Fsp3) is 0.885. The Hall–Kier alpha value is -0.830. The van der Waals surface area contributed by atoms with E-state index in [1.807, 2.05) is 6.08 Å². The van der Waals surface area contributed by atoms with E-state index in [0.717, 1.165) is 44.9 Å². The third-order valence-electron chi connectivity index (χ3n) is 10.3. The van der Waals surface area contributed by atoms with Crippen molar-refractivity contribution in [1.82, 2.24) is 0 Å². The van der Waals surface area contributed by atoms with Gasteiger partial charge in [-0.3, -0.25) is 4.79 Å². The van der Waals surface area contributed by atoms with Crippen LogP contribution >= 0.6 is 0 Å². The number of aliphatic hydroxyl groups excluding tert-OH is 4. The lowest BCUT2D eigenvalue weighted by Gasteiger charge is -2.58. The van der Waals surface area contributed by atoms with Crippen molar-refractivity contribution in [1.29, 1.82) is 0 Å². The molecule has 0 radical (unpaired) electrons. The van der Waals surface area contributed by atoms with Gasteiger partial charge in [0.05, 0.1) is 12.7 Å². The first-order valence-corrected chi connectivity index (χ1v) is 12.8. The third kappa shape index (κ3) is 3.57. The van der Waals surface area contributed by atoms with Crippen LogP contribution in [0.2, 0.25) is 0 Å². The number of ketones is 1. The molecule has 4 aliphatic carbocycles. The van der Waals surface area contributed by atoms with E-state index in [-0.39, 0.29) is 28.6 Å². The highest BCUT2D eigenvalue weighted by Crippen LogP contribution is 2.66. The van der Waals surface area contributed by atoms with Crippen LogP contribution < -0.4 is 0 Å². The summed E-state index contributed by atoms with van der Waals surface area (Å²) in [5.41, 5.74) is 1.42. The SMILES string of the molecule is CC1C[C@@]2(C)C(=CC1=O)CC[C@H]1[C@@H]3CC[C@H](O[C@@H]4O[C@H](CO)[C@@H](O)[C@H](O)[C@H]4O)[C@@]3(C)CC[C@@H]12. The van der Waals surface area contributed by atoms with Gasteiger partial charge in [0.1, 0.15) is 24.4 Å². The second-order valence-corrected chi connectivity index (χ2v) is 12.0. The Balaban J connectivity index is 1.34. The number of ether oxygens (including phenoxy) is 2. The summed E-state index contributed by atoms with van der Waals surface area (Å²) in [6, 6.07) is 0. The smallest absolute Gasteiger partial charge is 0.186 e. The summed E-state index contributed by atoms with van der Waals surface area (Å²) < 4.78 is 12.0. The molecule has 5 aliphatic rings. The Morgan fingerprint density at radius 1 is 1.06 bits per heavy atom. The van der Waals surface area contributed by atoms with Crippen molar-refractivity contribution in [3.63, 3.8) is 0 Å². The molecule has 7 nitrogen and oxygen atoms in total. The summed E-state index contributed by atoms with van der Waals surface area (Å²) >= 11 is 0. The molecule has 0 amide bonds. The van der Waals surface area contributed by atoms with Crippen molar-refractivity contribution >= 4 is 5.78 Å². The Bertz CT molecular complexity index is 810. The number of allylic oxidation sites excluding steroid dienone is 1. The lowest BCUT2D eigenvalue weighted by Crippen LogP contribution is -2.60. The van der Waals surface area contributed by atoms with Crippen molar-refractivity contribution in [2.75, 3.05) is 6.61 Å². The summed E-state index contributed by atoms with van der Waals surface area (Å²) in [6.45, 7) is 6.31. The Labute approximate surface area is 196 Å². The summed E-state index contributed by atoms with van der Waals surface area (Å²) in [5.74, 6) is 2.07. The monoisotopic (exact) mass is 464 g/mol. The van der Waals surface area contributed by atoms with E-state index in [1.165, 1.54) is 5.57 Å². The van der Waals surface area contributed by atoms with Crippen LogP contribution in [0.5, 0.6) is 0 Å². The molecule has 3 saturated carbocycles. The molecule has 4 fully saturated rings. The van der Waals surface area contributed by atoms with E-state index < -0.39 is 37.3 Å². The summed E-state index contributed by atoms with van der Waals surface area (Å²) in [6.07, 6.45) is 2.79. The van der Waals surface area contributed by atoms with Crippen LogP contribution in [-0.4, -0.2) is 69.6 Å². The van der Waals surface area contributed by atoms with Gasteiger partial charge in [0.2, 0.25) is 0 Å². The van der Waals surface area contributed by atoms with Gasteiger partial charge >= 0.3 is 0 Å². The van der Waals surface area contributed by atoms with Gasteiger partial charge in [-0.1, -0.05) is 26.3 Å². The van der Waals surface area contributed by atoms with E-state index in [4.69, 9.17) is 9.47 Å². The van der Waals surface area contributed by atoms with E-state index in [2.05, 4.69) is 20.8 Å². The number of fused-ring (bicyclic) bond motifs is 5. The number of hydrogen-bond acceptors (Lipinski definition) is 7. The zero-order valence-electron chi connectivity index (χ0n) is 20.0. The lowest BCUT2D eigenvalue weighted by molar-refractivity contribution is -0.319. The lowest BCUT2D eigenvalue weighted by atomic mass is 9.46. The van der Waals surface area contributed by atoms with Gasteiger partial charge in [-0.2, -0.15) is 0 Å². The molecule has 1 saturated heterocycles. The molecule has 1 heterocycles. The van der Waals surface area contributed by atoms with Gasteiger partial charge in [-0.15, -0.1) is 0 Å². The number of aliphatic hydroxyl groups is 4. The van der Waals surface area contributed by atoms with Crippen LogP contribution in [0.25, 0.3) is 0 Å². The molecule has 1 aliphatic heterocycles. The maximum absolute atomic E-state index is 12.4. The predicted octanol–water partition coefficient (Wildman–Crippen LogP) is 1.95. The predicted molar refractivity (Wildman–Crippen MR) is 120 cm³/mol. The van der Waals surface area contributed by atoms with Crippen LogP contribution in [-0.2, 0) is 14.3 Å². The van der Waals surface area contributed by atoms with Gasteiger partial charge in [0.15, 0.2) is 12.1 Å². The highest BCUT2D eigenvalue weighted by atomic mass is 16.7. The molecule has 4 N–H and O–H groups in total. The Kier molecular flexibility index (Phi) is 6.07. The van der Waals surface area contributed by atoms with Crippen LogP contribution in [0.15, 0.2) is 11.6 Å². The molecule has 0 aromatic rings. The highest BCUT2D eigenvalue weighted by Gasteiger charge is 2.60. The van der Waals surface area contributed by atoms with Crippen LogP contribution in [0.4, 0.5) is 0 Å². The minimum absolute atomic E-state index is 0.0480. The van der Waals surface area contributed by atoms with Crippen LogP contribution in [0.1, 0.15) is 65.7 Å². The quantitative estimate of drug-likeness (QED) is 0.504. The fourth-order valence-electron chi connectivity index (χ4n) is 8.41. The molecule has 0 aromatic heterocycles. The van der Waals surface area contributed by atoms with E-state index in [1.54, 1.807) is 0 Å². The normalized spacial score (nSPS) is 54.3. The number of carbonyl (C=O) groups is 1. The van der Waals surface area contributed by atoms with Crippen LogP contribution in [0, 0.1) is 34.5 Å². The molecule has 186 valence electrons. The average molecular weight is 465 g/mol. The highest BCUT2D eigenvalue weighted by molar-refractivity contribution is 5.93. The molecule has 12 atom stereocenters. The van der Waals surface area contributed by atoms with Crippen molar-refractivity contribution in [2.45, 2.75) is 103 Å². The first kappa shape index (κ1) is 23.9. The Morgan fingerprint density at radius 2 is 1.82 bits per heavy atom. The second kappa shape index (κ2) is 8.38. The second-order valence-electron chi connectivity index (χ2n) is 12.0. The average Bonchev–Trinajstić information content (AvgIpc) is 3.11. The number of hydrogen-bond donors (Lipinski definition) is 4. The zero-order valence-corrected chi connectivity index (χ0v) is 20.0. The van der Waals surface area contributed by atoms with Gasteiger partial charge in [0, 0.05) is 5.92 Å². The van der Waals surface area contributed by atoms with Crippen molar-refractivity contribution in [3.8, 4) is 0 Å². The molecular weight excluding hydrogens is 424 g/mol. The van der Waals surface area contributed by atoms with Gasteiger partial charge < -0.3 is 29.9 Å². The molecule has 0 aromatic carbocycles. The molecule has 7 heteroatoms. The maximum Gasteiger partial charge on any atom is 0.186 e. The fourth-order valence-corrected chi connectivity index (χ4v) is 8.41. The standard InChI is InChI=1S/C26H40O7/c1-13-11-26(3)14(10-18(13)28)4-5-15-16-6-7-20(25(16,2)9-8-17(15)26)33-24-23(31)22(30)21(29)19(12-27)32-24/h10,13,15-17,19-24,27,29-31H,4-9,11-12H2,1-3H3/t13?,15-,16-,17-,19+,20-,21+,22-,23+,24-,25-,26-/m0/s1. The molecule has 0 bridgehead atoms. The van der Waals surface area contributed by atoms with E-state index in [0.29, 0.717) is 17.8 Å².